The van der Waals surface area contributed by atoms with Gasteiger partial charge >= 0.3 is 252 Å². The van der Waals surface area contributed by atoms with Gasteiger partial charge in [0.15, 0.2) is 0 Å². The van der Waals surface area contributed by atoms with Gasteiger partial charge in [-0.1, -0.05) is 117 Å². The summed E-state index contributed by atoms with van der Waals surface area (Å²) in [6.45, 7) is 6.96. The molecule has 0 atom stereocenters. The van der Waals surface area contributed by atoms with Crippen molar-refractivity contribution in [3.63, 3.8) is 0 Å². The van der Waals surface area contributed by atoms with Gasteiger partial charge in [0.25, 0.3) is 0 Å². The van der Waals surface area contributed by atoms with E-state index in [4.69, 9.17) is 8.32 Å². The first-order valence-electron chi connectivity index (χ1n) is 27.4. The SMILES string of the molecule is CCCCCCCCCCCCCCCCC[CH2][Pb]([Cl])([CH2]CCCCCCCCCCCCCCCCC)[CH2]CCCCCCCCCCCCCCCCC. The minimum atomic E-state index is -2.61. The molecule has 0 bridgehead atoms. The molecule has 0 unspecified atom stereocenters. The molecule has 0 nitrogen and oxygen atoms in total. The van der Waals surface area contributed by atoms with Crippen LogP contribution in [0.25, 0.3) is 0 Å². The van der Waals surface area contributed by atoms with E-state index < -0.39 is 19.9 Å². The summed E-state index contributed by atoms with van der Waals surface area (Å²) in [5, 5.41) is 0. The Morgan fingerprint density at radius 3 is 0.411 bits per heavy atom. The number of rotatable bonds is 51. The Morgan fingerprint density at radius 1 is 0.179 bits per heavy atom. The molecule has 0 aliphatic rings. The molecule has 0 spiro atoms. The first-order valence-corrected chi connectivity index (χ1v) is 40.4. The topological polar surface area (TPSA) is 0 Å². The van der Waals surface area contributed by atoms with Crippen molar-refractivity contribution in [2.75, 3.05) is 0 Å². The number of unbranched alkanes of at least 4 members (excludes halogenated alkanes) is 45. The van der Waals surface area contributed by atoms with Gasteiger partial charge in [-0.05, 0) is 0 Å². The molecule has 2 heteroatoms. The van der Waals surface area contributed by atoms with E-state index in [2.05, 4.69) is 20.8 Å². The van der Waals surface area contributed by atoms with Gasteiger partial charge < -0.3 is 0 Å². The van der Waals surface area contributed by atoms with Gasteiger partial charge in [0.2, 0.25) is 0 Å². The van der Waals surface area contributed by atoms with Gasteiger partial charge in [-0.3, -0.25) is 0 Å². The Bertz CT molecular complexity index is 589. The van der Waals surface area contributed by atoms with Gasteiger partial charge in [0, 0.05) is 0 Å². The third-order valence-electron chi connectivity index (χ3n) is 13.4. The van der Waals surface area contributed by atoms with Gasteiger partial charge in [0.05, 0.1) is 0 Å². The van der Waals surface area contributed by atoms with Crippen LogP contribution in [-0.4, -0.2) is 19.9 Å². The fourth-order valence-corrected chi connectivity index (χ4v) is 26.1. The van der Waals surface area contributed by atoms with Crippen molar-refractivity contribution >= 4 is 28.3 Å². The first kappa shape index (κ1) is 57.2. The Kier molecular flexibility index (Phi) is 51.7. The quantitative estimate of drug-likeness (QED) is 0.0421. The second-order valence-corrected chi connectivity index (χ2v) is 41.1. The molecule has 56 heavy (non-hydrogen) atoms. The Labute approximate surface area is 366 Å². The number of halogens is 1. The Morgan fingerprint density at radius 2 is 0.286 bits per heavy atom. The van der Waals surface area contributed by atoms with Crippen LogP contribution in [0.15, 0.2) is 0 Å². The van der Waals surface area contributed by atoms with E-state index in [0.717, 1.165) is 0 Å². The van der Waals surface area contributed by atoms with E-state index in [1.165, 1.54) is 320 Å². The molecule has 0 aliphatic heterocycles. The molecule has 0 saturated carbocycles. The molecular weight excluding hydrogens is 891 g/mol. The van der Waals surface area contributed by atoms with E-state index in [-0.39, 0.29) is 0 Å². The van der Waals surface area contributed by atoms with Crippen molar-refractivity contribution in [3.8, 4) is 0 Å². The third kappa shape index (κ3) is 47.9. The van der Waals surface area contributed by atoms with Crippen molar-refractivity contribution < 1.29 is 0 Å². The van der Waals surface area contributed by atoms with E-state index >= 15 is 0 Å². The molecule has 0 rings (SSSR count). The molecule has 0 aromatic heterocycles. The molecular formula is C54H111ClPb. The van der Waals surface area contributed by atoms with Crippen LogP contribution in [0.3, 0.4) is 0 Å². The zero-order valence-electron chi connectivity index (χ0n) is 39.9. The second-order valence-electron chi connectivity index (χ2n) is 19.3. The van der Waals surface area contributed by atoms with E-state index in [9.17, 15) is 0 Å². The molecule has 0 amide bonds. The van der Waals surface area contributed by atoms with Crippen molar-refractivity contribution in [2.45, 2.75) is 341 Å². The molecule has 0 radical (unpaired) electrons. The molecule has 0 fully saturated rings. The van der Waals surface area contributed by atoms with Crippen molar-refractivity contribution in [2.24, 2.45) is 0 Å². The summed E-state index contributed by atoms with van der Waals surface area (Å²) in [7, 11) is 7.76. The zero-order chi connectivity index (χ0) is 40.6. The van der Waals surface area contributed by atoms with E-state index in [1.54, 1.807) is 0 Å². The van der Waals surface area contributed by atoms with Crippen LogP contribution in [-0.2, 0) is 0 Å². The summed E-state index contributed by atoms with van der Waals surface area (Å²) in [6.07, 6.45) is 70.4. The smallest absolute Gasteiger partial charge is 0.0654 e. The Balaban J connectivity index is 4.08. The standard InChI is InChI=1S/3C18H37.ClH.Pb/c3*1-3-5-7-9-11-13-15-17-18-16-14-12-10-8-6-4-2;;/h3*1,3-18H2,2H3;1H;/q;;;;+1/p-1. The van der Waals surface area contributed by atoms with Crippen LogP contribution < -0.4 is 0 Å². The van der Waals surface area contributed by atoms with Crippen LogP contribution in [0.2, 0.25) is 11.9 Å². The van der Waals surface area contributed by atoms with Gasteiger partial charge in [-0.2, -0.15) is 0 Å². The summed E-state index contributed by atoms with van der Waals surface area (Å²) in [4.78, 5) is 0. The monoisotopic (exact) mass is 1000 g/mol. The van der Waals surface area contributed by atoms with Crippen LogP contribution in [0.4, 0.5) is 0 Å². The normalized spacial score (nSPS) is 12.0. The summed E-state index contributed by atoms with van der Waals surface area (Å²) >= 11 is -2.61. The maximum atomic E-state index is 7.76. The molecule has 0 aliphatic carbocycles. The molecule has 0 saturated heterocycles. The van der Waals surface area contributed by atoms with Crippen LogP contribution in [0.5, 0.6) is 0 Å². The van der Waals surface area contributed by atoms with Crippen molar-refractivity contribution in [1.82, 2.24) is 0 Å². The van der Waals surface area contributed by atoms with E-state index in [1.807, 2.05) is 0 Å². The van der Waals surface area contributed by atoms with Crippen molar-refractivity contribution in [3.05, 3.63) is 0 Å². The fraction of sp³-hybridized carbons (Fsp3) is 1.00. The third-order valence-corrected chi connectivity index (χ3v) is 33.0. The van der Waals surface area contributed by atoms with Gasteiger partial charge in [-0.15, -0.1) is 0 Å². The molecule has 0 N–H and O–H groups in total. The average Bonchev–Trinajstić information content (AvgIpc) is 3.20. The predicted octanol–water partition coefficient (Wildman–Crippen LogP) is 22.0. The van der Waals surface area contributed by atoms with Gasteiger partial charge in [-0.25, -0.2) is 0 Å². The molecule has 0 aromatic carbocycles. The molecule has 0 heterocycles. The first-order chi connectivity index (χ1) is 27.7. The second kappa shape index (κ2) is 50.6. The fourth-order valence-electron chi connectivity index (χ4n) is 9.34. The van der Waals surface area contributed by atoms with Crippen LogP contribution in [0, 0.1) is 0 Å². The summed E-state index contributed by atoms with van der Waals surface area (Å²) in [6, 6.07) is 0. The number of hydrogen-bond acceptors (Lipinski definition) is 0. The zero-order valence-corrected chi connectivity index (χ0v) is 44.6. The predicted molar refractivity (Wildman–Crippen MR) is 265 cm³/mol. The summed E-state index contributed by atoms with van der Waals surface area (Å²) < 4.78 is 4.47. The van der Waals surface area contributed by atoms with Crippen LogP contribution >= 0.6 is 8.32 Å². The minimum absolute atomic E-state index is 1.37. The average molecular weight is 1000 g/mol. The molecule has 0 aromatic rings. The van der Waals surface area contributed by atoms with E-state index in [0.29, 0.717) is 0 Å². The number of hydrogen-bond donors (Lipinski definition) is 0. The van der Waals surface area contributed by atoms with Crippen LogP contribution in [0.1, 0.15) is 329 Å². The van der Waals surface area contributed by atoms with Gasteiger partial charge in [0.1, 0.15) is 0 Å². The van der Waals surface area contributed by atoms with Crippen molar-refractivity contribution in [1.29, 1.82) is 0 Å². The maximum absolute atomic E-state index is 7.76. The molecule has 338 valence electrons. The summed E-state index contributed by atoms with van der Waals surface area (Å²) in [5.74, 6) is 0. The Hall–Kier alpha value is 1.21. The summed E-state index contributed by atoms with van der Waals surface area (Å²) in [5.41, 5.74) is 0. The minimum Gasteiger partial charge on any atom is -0.0654 e.